The molecule has 0 saturated carbocycles. The van der Waals surface area contributed by atoms with Crippen LogP contribution in [-0.4, -0.2) is 19.4 Å². The number of carbonyl (C=O) groups excluding carboxylic acids is 1. The predicted molar refractivity (Wildman–Crippen MR) is 59.9 cm³/mol. The fourth-order valence-corrected chi connectivity index (χ4v) is 1.47. The molecule has 0 spiro atoms. The minimum Gasteiger partial charge on any atom is -0.367 e. The first kappa shape index (κ1) is 11.4. The van der Waals surface area contributed by atoms with Crippen LogP contribution in [0.1, 0.15) is 17.3 Å². The molecule has 0 saturated heterocycles. The highest BCUT2D eigenvalue weighted by Crippen LogP contribution is 2.21. The van der Waals surface area contributed by atoms with Gasteiger partial charge in [-0.3, -0.25) is 4.79 Å². The third-order valence-electron chi connectivity index (χ3n) is 2.22. The number of hydrogen-bond donors (Lipinski definition) is 0. The Morgan fingerprint density at radius 1 is 1.53 bits per heavy atom. The van der Waals surface area contributed by atoms with Crippen molar-refractivity contribution < 1.29 is 9.18 Å². The summed E-state index contributed by atoms with van der Waals surface area (Å²) in [5, 5.41) is 0. The van der Waals surface area contributed by atoms with Gasteiger partial charge in [-0.05, 0) is 19.1 Å². The number of anilines is 1. The van der Waals surface area contributed by atoms with Gasteiger partial charge >= 0.3 is 0 Å². The summed E-state index contributed by atoms with van der Waals surface area (Å²) < 4.78 is 13.3. The highest BCUT2D eigenvalue weighted by Gasteiger charge is 2.11. The maximum absolute atomic E-state index is 13.3. The maximum Gasteiger partial charge on any atom is 0.155 e. The summed E-state index contributed by atoms with van der Waals surface area (Å²) in [6.45, 7) is 6.88. The first-order valence-electron chi connectivity index (χ1n) is 4.84. The molecule has 0 bridgehead atoms. The van der Waals surface area contributed by atoms with E-state index < -0.39 is 5.82 Å². The molecule has 2 nitrogen and oxygen atoms in total. The monoisotopic (exact) mass is 207 g/mol. The fraction of sp³-hybridized carbons (Fsp3) is 0.250. The minimum atomic E-state index is -0.481. The van der Waals surface area contributed by atoms with Gasteiger partial charge in [0.05, 0.1) is 11.3 Å². The quantitative estimate of drug-likeness (QED) is 0.546. The van der Waals surface area contributed by atoms with Gasteiger partial charge in [-0.2, -0.15) is 0 Å². The van der Waals surface area contributed by atoms with E-state index >= 15 is 0 Å². The highest BCUT2D eigenvalue weighted by atomic mass is 19.1. The lowest BCUT2D eigenvalue weighted by atomic mass is 10.1. The van der Waals surface area contributed by atoms with Crippen molar-refractivity contribution in [2.75, 3.05) is 18.0 Å². The van der Waals surface area contributed by atoms with Crippen molar-refractivity contribution in [1.82, 2.24) is 0 Å². The van der Waals surface area contributed by atoms with E-state index in [-0.39, 0.29) is 5.56 Å². The van der Waals surface area contributed by atoms with Gasteiger partial charge in [-0.15, -0.1) is 6.58 Å². The zero-order valence-electron chi connectivity index (χ0n) is 8.74. The van der Waals surface area contributed by atoms with E-state index in [1.165, 1.54) is 6.07 Å². The topological polar surface area (TPSA) is 20.3 Å². The highest BCUT2D eigenvalue weighted by molar-refractivity contribution is 5.85. The Bertz CT molecular complexity index is 363. The first-order valence-corrected chi connectivity index (χ1v) is 4.84. The number of hydrogen-bond acceptors (Lipinski definition) is 2. The number of carbonyl (C=O) groups is 1. The summed E-state index contributed by atoms with van der Waals surface area (Å²) in [6, 6.07) is 4.62. The molecule has 80 valence electrons. The average molecular weight is 207 g/mol. The molecule has 0 heterocycles. The second-order valence-electron chi connectivity index (χ2n) is 3.12. The predicted octanol–water partition coefficient (Wildman–Crippen LogP) is 2.65. The fourth-order valence-electron chi connectivity index (χ4n) is 1.47. The molecule has 0 aromatic heterocycles. The number of likely N-dealkylation sites (N-methyl/N-ethyl adjacent to an activating group) is 1. The summed E-state index contributed by atoms with van der Waals surface area (Å²) in [7, 11) is 0. The largest absolute Gasteiger partial charge is 0.367 e. The molecule has 0 aliphatic carbocycles. The van der Waals surface area contributed by atoms with E-state index in [1.54, 1.807) is 18.2 Å². The zero-order valence-corrected chi connectivity index (χ0v) is 8.74. The second kappa shape index (κ2) is 5.29. The lowest BCUT2D eigenvalue weighted by molar-refractivity contribution is 0.112. The molecular weight excluding hydrogens is 193 g/mol. The van der Waals surface area contributed by atoms with E-state index in [0.717, 1.165) is 0 Å². The van der Waals surface area contributed by atoms with Crippen LogP contribution in [0.3, 0.4) is 0 Å². The van der Waals surface area contributed by atoms with E-state index in [2.05, 4.69) is 6.58 Å². The summed E-state index contributed by atoms with van der Waals surface area (Å²) in [5.41, 5.74) is 0.730. The summed E-state index contributed by atoms with van der Waals surface area (Å²) in [5.74, 6) is -0.481. The third kappa shape index (κ3) is 2.43. The third-order valence-corrected chi connectivity index (χ3v) is 2.22. The Balaban J connectivity index is 3.15. The molecule has 0 aliphatic heterocycles. The van der Waals surface area contributed by atoms with Crippen LogP contribution < -0.4 is 4.90 Å². The van der Waals surface area contributed by atoms with Gasteiger partial charge in [0.25, 0.3) is 0 Å². The Morgan fingerprint density at radius 2 is 2.27 bits per heavy atom. The maximum atomic E-state index is 13.3. The molecule has 0 atom stereocenters. The molecule has 0 radical (unpaired) electrons. The number of nitrogens with zero attached hydrogens (tertiary/aromatic N) is 1. The Hall–Kier alpha value is -1.64. The van der Waals surface area contributed by atoms with Gasteiger partial charge in [0, 0.05) is 13.1 Å². The van der Waals surface area contributed by atoms with E-state index in [4.69, 9.17) is 0 Å². The molecule has 1 rings (SSSR count). The number of rotatable bonds is 5. The summed E-state index contributed by atoms with van der Waals surface area (Å²) in [6.07, 6.45) is 2.28. The van der Waals surface area contributed by atoms with Crippen molar-refractivity contribution in [3.63, 3.8) is 0 Å². The van der Waals surface area contributed by atoms with Gasteiger partial charge < -0.3 is 4.90 Å². The van der Waals surface area contributed by atoms with Crippen molar-refractivity contribution in [3.8, 4) is 0 Å². The van der Waals surface area contributed by atoms with Gasteiger partial charge in [0.15, 0.2) is 6.29 Å². The van der Waals surface area contributed by atoms with Crippen molar-refractivity contribution >= 4 is 12.0 Å². The minimum absolute atomic E-state index is 0.112. The average Bonchev–Trinajstić information content (AvgIpc) is 2.25. The Kier molecular flexibility index (Phi) is 4.03. The Morgan fingerprint density at radius 3 is 2.80 bits per heavy atom. The lowest BCUT2D eigenvalue weighted by Crippen LogP contribution is -2.24. The van der Waals surface area contributed by atoms with Crippen LogP contribution >= 0.6 is 0 Å². The molecule has 3 heteroatoms. The smallest absolute Gasteiger partial charge is 0.155 e. The molecule has 1 aromatic rings. The molecule has 0 amide bonds. The van der Waals surface area contributed by atoms with Crippen LogP contribution in [0.15, 0.2) is 30.9 Å². The molecule has 0 N–H and O–H groups in total. The SMILES string of the molecule is C=CCN(CC)c1cccc(F)c1C=O. The zero-order chi connectivity index (χ0) is 11.3. The van der Waals surface area contributed by atoms with Gasteiger partial charge in [0.1, 0.15) is 5.82 Å². The number of aldehydes is 1. The van der Waals surface area contributed by atoms with Crippen molar-refractivity contribution in [3.05, 3.63) is 42.2 Å². The second-order valence-corrected chi connectivity index (χ2v) is 3.12. The molecular formula is C12H14FNO. The lowest BCUT2D eigenvalue weighted by Gasteiger charge is -2.22. The standard InChI is InChI=1S/C12H14FNO/c1-3-8-14(4-2)12-7-5-6-11(13)10(12)9-15/h3,5-7,9H,1,4,8H2,2H3. The molecule has 0 unspecified atom stereocenters. The van der Waals surface area contributed by atoms with Crippen LogP contribution in [0.2, 0.25) is 0 Å². The van der Waals surface area contributed by atoms with Gasteiger partial charge in [-0.1, -0.05) is 12.1 Å². The first-order chi connectivity index (χ1) is 7.24. The summed E-state index contributed by atoms with van der Waals surface area (Å²) in [4.78, 5) is 12.7. The van der Waals surface area contributed by atoms with Crippen LogP contribution in [0, 0.1) is 5.82 Å². The van der Waals surface area contributed by atoms with Crippen LogP contribution in [0.5, 0.6) is 0 Å². The van der Waals surface area contributed by atoms with Crippen molar-refractivity contribution in [2.24, 2.45) is 0 Å². The van der Waals surface area contributed by atoms with Crippen molar-refractivity contribution in [1.29, 1.82) is 0 Å². The van der Waals surface area contributed by atoms with Crippen molar-refractivity contribution in [2.45, 2.75) is 6.92 Å². The van der Waals surface area contributed by atoms with E-state index in [0.29, 0.717) is 25.1 Å². The van der Waals surface area contributed by atoms with E-state index in [9.17, 15) is 9.18 Å². The summed E-state index contributed by atoms with van der Waals surface area (Å²) >= 11 is 0. The molecule has 1 aromatic carbocycles. The molecule has 0 fully saturated rings. The van der Waals surface area contributed by atoms with Crippen LogP contribution in [0.4, 0.5) is 10.1 Å². The van der Waals surface area contributed by atoms with E-state index in [1.807, 2.05) is 11.8 Å². The Labute approximate surface area is 89.0 Å². The number of benzene rings is 1. The van der Waals surface area contributed by atoms with Crippen LogP contribution in [0.25, 0.3) is 0 Å². The van der Waals surface area contributed by atoms with Crippen LogP contribution in [-0.2, 0) is 0 Å². The van der Waals surface area contributed by atoms with Gasteiger partial charge in [0.2, 0.25) is 0 Å². The van der Waals surface area contributed by atoms with Gasteiger partial charge in [-0.25, -0.2) is 4.39 Å². The molecule has 15 heavy (non-hydrogen) atoms. The molecule has 0 aliphatic rings. The normalized spacial score (nSPS) is 9.73. The number of halogens is 1.